The topological polar surface area (TPSA) is 113 Å². The van der Waals surface area contributed by atoms with Gasteiger partial charge in [0, 0.05) is 26.9 Å². The number of allylic oxidation sites excluding steroid dienone is 1. The number of para-hydroxylation sites is 1. The fourth-order valence-electron chi connectivity index (χ4n) is 3.18. The normalized spacial score (nSPS) is 17.7. The zero-order valence-electron chi connectivity index (χ0n) is 13.0. The van der Waals surface area contributed by atoms with Crippen molar-refractivity contribution in [1.29, 1.82) is 0 Å². The number of carbonyl (C=O) groups excluding carboxylic acids is 2. The number of aromatic amines is 1. The average Bonchev–Trinajstić information content (AvgIpc) is 3.34. The van der Waals surface area contributed by atoms with Crippen LogP contribution in [0, 0.1) is 0 Å². The van der Waals surface area contributed by atoms with Crippen molar-refractivity contribution >= 4 is 44.6 Å². The second-order valence-electron chi connectivity index (χ2n) is 5.83. The molecule has 3 heterocycles. The molecule has 0 unspecified atom stereocenters. The Kier molecular flexibility index (Phi) is 3.07. The van der Waals surface area contributed by atoms with Crippen molar-refractivity contribution in [3.05, 3.63) is 57.7 Å². The monoisotopic (exact) mass is 408 g/mol. The number of halogens is 1. The number of carbonyl (C=O) groups is 2. The van der Waals surface area contributed by atoms with Crippen molar-refractivity contribution in [2.24, 2.45) is 0 Å². The number of benzene rings is 2. The van der Waals surface area contributed by atoms with Gasteiger partial charge in [-0.15, -0.1) is 5.10 Å². The molecule has 2 aliphatic rings. The number of nitrogens with zero attached hydrogens (tertiary/aromatic N) is 3. The van der Waals surface area contributed by atoms with Crippen molar-refractivity contribution in [2.75, 3.05) is 10.6 Å². The van der Waals surface area contributed by atoms with Crippen molar-refractivity contribution in [1.82, 2.24) is 20.6 Å². The highest BCUT2D eigenvalue weighted by Gasteiger charge is 2.35. The minimum atomic E-state index is -0.310. The number of ketones is 1. The zero-order chi connectivity index (χ0) is 17.8. The lowest BCUT2D eigenvalue weighted by molar-refractivity contribution is -0.110. The lowest BCUT2D eigenvalue weighted by Gasteiger charge is -2.03. The summed E-state index contributed by atoms with van der Waals surface area (Å²) in [5.41, 5.74) is 3.76. The molecule has 2 aliphatic heterocycles. The molecule has 0 radical (unpaired) electrons. The second kappa shape index (κ2) is 5.33. The molecule has 9 heteroatoms. The molecule has 26 heavy (non-hydrogen) atoms. The van der Waals surface area contributed by atoms with Crippen LogP contribution in [-0.4, -0.2) is 32.3 Å². The Labute approximate surface area is 154 Å². The predicted octanol–water partition coefficient (Wildman–Crippen LogP) is 2.60. The molecule has 126 valence electrons. The van der Waals surface area contributed by atoms with Crippen LogP contribution in [0.3, 0.4) is 0 Å². The van der Waals surface area contributed by atoms with E-state index in [0.29, 0.717) is 39.5 Å². The van der Waals surface area contributed by atoms with Gasteiger partial charge in [0.2, 0.25) is 5.78 Å². The van der Waals surface area contributed by atoms with Crippen LogP contribution in [0.4, 0.5) is 11.4 Å². The fourth-order valence-corrected chi connectivity index (χ4v) is 3.64. The molecule has 1 aromatic heterocycles. The third-order valence-electron chi connectivity index (χ3n) is 4.37. The average molecular weight is 409 g/mol. The summed E-state index contributed by atoms with van der Waals surface area (Å²) in [6.45, 7) is 0. The quantitative estimate of drug-likeness (QED) is 0.533. The predicted molar refractivity (Wildman–Crippen MR) is 97.3 cm³/mol. The van der Waals surface area contributed by atoms with E-state index in [4.69, 9.17) is 0 Å². The summed E-state index contributed by atoms with van der Waals surface area (Å²) in [7, 11) is 0. The van der Waals surface area contributed by atoms with E-state index in [-0.39, 0.29) is 17.4 Å². The SMILES string of the molecule is O=C1Nc2c(Br)cccc2/C1=C1/Nc2ccc(-c3nnn[nH]3)cc2C1=O. The van der Waals surface area contributed by atoms with Crippen molar-refractivity contribution < 1.29 is 9.59 Å². The number of nitrogens with one attached hydrogen (secondary N) is 3. The van der Waals surface area contributed by atoms with Gasteiger partial charge in [0.1, 0.15) is 5.70 Å². The Balaban J connectivity index is 1.65. The van der Waals surface area contributed by atoms with E-state index in [2.05, 4.69) is 47.2 Å². The first-order valence-corrected chi connectivity index (χ1v) is 8.47. The standard InChI is InChI=1S/C17H9BrN6O2/c18-10-3-1-2-8-12(17(26)20-13(8)10)14-15(25)9-6-7(4-5-11(9)19-14)16-21-23-24-22-16/h1-6,19H,(H,20,26)(H,21,22,23,24)/b14-12-. The Morgan fingerprint density at radius 2 is 1.88 bits per heavy atom. The van der Waals surface area contributed by atoms with Gasteiger partial charge in [-0.05, 0) is 50.6 Å². The highest BCUT2D eigenvalue weighted by Crippen LogP contribution is 2.42. The van der Waals surface area contributed by atoms with Gasteiger partial charge in [-0.1, -0.05) is 12.1 Å². The number of aromatic nitrogens is 4. The van der Waals surface area contributed by atoms with E-state index in [9.17, 15) is 9.59 Å². The third kappa shape index (κ3) is 2.04. The van der Waals surface area contributed by atoms with Gasteiger partial charge < -0.3 is 10.6 Å². The molecule has 0 spiro atoms. The first-order valence-electron chi connectivity index (χ1n) is 7.68. The second-order valence-corrected chi connectivity index (χ2v) is 6.69. The summed E-state index contributed by atoms with van der Waals surface area (Å²) < 4.78 is 0.766. The highest BCUT2D eigenvalue weighted by atomic mass is 79.9. The number of hydrogen-bond donors (Lipinski definition) is 3. The van der Waals surface area contributed by atoms with Crippen LogP contribution in [0.25, 0.3) is 17.0 Å². The first-order chi connectivity index (χ1) is 12.6. The maximum atomic E-state index is 13.0. The Morgan fingerprint density at radius 3 is 2.69 bits per heavy atom. The number of anilines is 2. The Morgan fingerprint density at radius 1 is 1.00 bits per heavy atom. The Hall–Kier alpha value is -3.33. The molecule has 0 saturated heterocycles. The summed E-state index contributed by atoms with van der Waals surface area (Å²) in [5.74, 6) is -0.0860. The maximum Gasteiger partial charge on any atom is 0.258 e. The number of hydrogen-bond acceptors (Lipinski definition) is 6. The molecule has 3 aromatic rings. The van der Waals surface area contributed by atoms with E-state index in [1.165, 1.54) is 0 Å². The van der Waals surface area contributed by atoms with Crippen LogP contribution in [0.2, 0.25) is 0 Å². The summed E-state index contributed by atoms with van der Waals surface area (Å²) >= 11 is 3.42. The molecule has 0 fully saturated rings. The summed E-state index contributed by atoms with van der Waals surface area (Å²) in [6.07, 6.45) is 0. The molecule has 8 nitrogen and oxygen atoms in total. The first kappa shape index (κ1) is 15.0. The van der Waals surface area contributed by atoms with Gasteiger partial charge in [0.05, 0.1) is 11.3 Å². The lowest BCUT2D eigenvalue weighted by Crippen LogP contribution is -2.11. The minimum Gasteiger partial charge on any atom is -0.351 e. The van der Waals surface area contributed by atoms with E-state index in [1.807, 2.05) is 18.2 Å². The molecule has 0 atom stereocenters. The minimum absolute atomic E-state index is 0.243. The van der Waals surface area contributed by atoms with Crippen molar-refractivity contribution in [3.63, 3.8) is 0 Å². The van der Waals surface area contributed by atoms with Gasteiger partial charge in [0.25, 0.3) is 5.91 Å². The molecular weight excluding hydrogens is 400 g/mol. The fraction of sp³-hybridized carbons (Fsp3) is 0. The highest BCUT2D eigenvalue weighted by molar-refractivity contribution is 9.10. The number of tetrazole rings is 1. The largest absolute Gasteiger partial charge is 0.351 e. The summed E-state index contributed by atoms with van der Waals surface area (Å²) in [5, 5.41) is 19.5. The van der Waals surface area contributed by atoms with Gasteiger partial charge in [-0.25, -0.2) is 5.10 Å². The number of Topliss-reactive ketones (excluding diaryl/α,β-unsaturated/α-hetero) is 1. The maximum absolute atomic E-state index is 13.0. The number of fused-ring (bicyclic) bond motifs is 2. The van der Waals surface area contributed by atoms with Crippen LogP contribution >= 0.6 is 15.9 Å². The molecule has 2 aromatic carbocycles. The molecule has 1 amide bonds. The zero-order valence-corrected chi connectivity index (χ0v) is 14.6. The number of amides is 1. The van der Waals surface area contributed by atoms with E-state index >= 15 is 0 Å². The van der Waals surface area contributed by atoms with Crippen LogP contribution in [0.15, 0.2) is 46.6 Å². The smallest absolute Gasteiger partial charge is 0.258 e. The van der Waals surface area contributed by atoms with Crippen LogP contribution in [0.5, 0.6) is 0 Å². The van der Waals surface area contributed by atoms with Crippen molar-refractivity contribution in [3.8, 4) is 11.4 Å². The molecule has 0 saturated carbocycles. The molecular formula is C17H9BrN6O2. The summed E-state index contributed by atoms with van der Waals surface area (Å²) in [4.78, 5) is 25.5. The number of rotatable bonds is 1. The molecule has 0 aliphatic carbocycles. The molecule has 5 rings (SSSR count). The number of H-pyrrole nitrogens is 1. The molecule has 0 bridgehead atoms. The van der Waals surface area contributed by atoms with E-state index < -0.39 is 0 Å². The molecule has 3 N–H and O–H groups in total. The lowest BCUT2D eigenvalue weighted by atomic mass is 10.0. The van der Waals surface area contributed by atoms with Crippen LogP contribution in [0.1, 0.15) is 15.9 Å². The van der Waals surface area contributed by atoms with Crippen LogP contribution < -0.4 is 10.6 Å². The van der Waals surface area contributed by atoms with Crippen LogP contribution in [-0.2, 0) is 4.79 Å². The summed E-state index contributed by atoms with van der Waals surface area (Å²) in [6, 6.07) is 10.7. The van der Waals surface area contributed by atoms with Gasteiger partial charge in [-0.3, -0.25) is 9.59 Å². The van der Waals surface area contributed by atoms with Crippen molar-refractivity contribution in [2.45, 2.75) is 0 Å². The Bertz CT molecular complexity index is 1140. The van der Waals surface area contributed by atoms with E-state index in [1.54, 1.807) is 18.2 Å². The van der Waals surface area contributed by atoms with Gasteiger partial charge in [-0.2, -0.15) is 0 Å². The van der Waals surface area contributed by atoms with Gasteiger partial charge >= 0.3 is 0 Å². The third-order valence-corrected chi connectivity index (χ3v) is 5.03. The van der Waals surface area contributed by atoms with Gasteiger partial charge in [0.15, 0.2) is 5.82 Å². The van der Waals surface area contributed by atoms with E-state index in [0.717, 1.165) is 4.47 Å².